The first-order chi connectivity index (χ1) is 9.02. The van der Waals surface area contributed by atoms with Gasteiger partial charge in [0.05, 0.1) is 12.4 Å². The number of imidazole rings is 1. The monoisotopic (exact) mass is 267 g/mol. The fraction of sp³-hybridized carbons (Fsp3) is 0.545. The molecule has 0 aliphatic rings. The number of nitrogens with two attached hydrogens (primary N) is 1. The maximum atomic E-state index is 11.6. The van der Waals surface area contributed by atoms with Gasteiger partial charge in [0, 0.05) is 19.1 Å². The zero-order chi connectivity index (χ0) is 14.0. The number of nitrogens with one attached hydrogen (secondary N) is 1. The molecular formula is C11H17N5O3. The molecule has 8 heteroatoms. The summed E-state index contributed by atoms with van der Waals surface area (Å²) in [5.74, 6) is -0.125. The lowest BCUT2D eigenvalue weighted by molar-refractivity contribution is 0.0947. The van der Waals surface area contributed by atoms with Crippen LogP contribution in [-0.2, 0) is 6.54 Å². The third-order valence-corrected chi connectivity index (χ3v) is 3.11. The van der Waals surface area contributed by atoms with E-state index in [0.29, 0.717) is 18.6 Å². The summed E-state index contributed by atoms with van der Waals surface area (Å²) in [6.45, 7) is 2.05. The summed E-state index contributed by atoms with van der Waals surface area (Å²) in [6.07, 6.45) is 1.36. The van der Waals surface area contributed by atoms with Crippen molar-refractivity contribution in [3.05, 3.63) is 16.7 Å². The summed E-state index contributed by atoms with van der Waals surface area (Å²) in [5, 5.41) is 18.7. The quantitative estimate of drug-likeness (QED) is 0.554. The number of aliphatic hydroxyl groups is 2. The van der Waals surface area contributed by atoms with Crippen molar-refractivity contribution in [3.8, 4) is 0 Å². The molecule has 0 amide bonds. The molecule has 0 aromatic carbocycles. The first-order valence-electron chi connectivity index (χ1n) is 6.02. The van der Waals surface area contributed by atoms with Gasteiger partial charge >= 0.3 is 0 Å². The lowest BCUT2D eigenvalue weighted by Crippen LogP contribution is -2.23. The average molecular weight is 267 g/mol. The normalized spacial score (nSPS) is 14.7. The van der Waals surface area contributed by atoms with Gasteiger partial charge in [0.2, 0.25) is 5.95 Å². The Morgan fingerprint density at radius 3 is 2.95 bits per heavy atom. The second-order valence-electron chi connectivity index (χ2n) is 4.53. The number of nitrogens with zero attached hydrogens (tertiary/aromatic N) is 3. The predicted octanol–water partition coefficient (Wildman–Crippen LogP) is -0.919. The van der Waals surface area contributed by atoms with Crippen LogP contribution in [0.2, 0.25) is 0 Å². The van der Waals surface area contributed by atoms with Crippen LogP contribution in [0.4, 0.5) is 5.95 Å². The smallest absolute Gasteiger partial charge is 0.280 e. The third-order valence-electron chi connectivity index (χ3n) is 3.11. The third kappa shape index (κ3) is 2.74. The topological polar surface area (TPSA) is 130 Å². The number of anilines is 1. The largest absolute Gasteiger partial charge is 0.396 e. The van der Waals surface area contributed by atoms with E-state index in [1.807, 2.05) is 0 Å². The van der Waals surface area contributed by atoms with E-state index in [2.05, 4.69) is 15.0 Å². The van der Waals surface area contributed by atoms with Crippen molar-refractivity contribution in [2.75, 3.05) is 12.3 Å². The molecule has 0 bridgehead atoms. The van der Waals surface area contributed by atoms with Gasteiger partial charge in [0.15, 0.2) is 11.2 Å². The maximum Gasteiger partial charge on any atom is 0.280 e. The minimum absolute atomic E-state index is 0.0155. The molecule has 2 unspecified atom stereocenters. The number of rotatable bonds is 5. The molecule has 0 saturated carbocycles. The van der Waals surface area contributed by atoms with E-state index in [4.69, 9.17) is 10.8 Å². The molecule has 2 atom stereocenters. The summed E-state index contributed by atoms with van der Waals surface area (Å²) in [6, 6.07) is 0. The summed E-state index contributed by atoms with van der Waals surface area (Å²) >= 11 is 0. The number of hydrogen-bond donors (Lipinski definition) is 4. The second kappa shape index (κ2) is 5.37. The molecule has 0 aliphatic heterocycles. The van der Waals surface area contributed by atoms with Crippen LogP contribution in [-0.4, -0.2) is 42.4 Å². The highest BCUT2D eigenvalue weighted by Crippen LogP contribution is 2.15. The highest BCUT2D eigenvalue weighted by Gasteiger charge is 2.18. The zero-order valence-electron chi connectivity index (χ0n) is 10.6. The highest BCUT2D eigenvalue weighted by atomic mass is 16.3. The van der Waals surface area contributed by atoms with Gasteiger partial charge in [-0.15, -0.1) is 0 Å². The van der Waals surface area contributed by atoms with Crippen molar-refractivity contribution in [1.29, 1.82) is 0 Å². The van der Waals surface area contributed by atoms with E-state index in [1.54, 1.807) is 11.5 Å². The highest BCUT2D eigenvalue weighted by molar-refractivity contribution is 5.70. The van der Waals surface area contributed by atoms with E-state index < -0.39 is 11.7 Å². The van der Waals surface area contributed by atoms with E-state index in [0.717, 1.165) is 0 Å². The molecule has 2 rings (SSSR count). The van der Waals surface area contributed by atoms with Gasteiger partial charge in [-0.2, -0.15) is 4.98 Å². The van der Waals surface area contributed by atoms with Crippen LogP contribution < -0.4 is 11.3 Å². The number of aromatic nitrogens is 4. The lowest BCUT2D eigenvalue weighted by atomic mass is 10.0. The zero-order valence-corrected chi connectivity index (χ0v) is 10.6. The predicted molar refractivity (Wildman–Crippen MR) is 69.4 cm³/mol. The molecule has 5 N–H and O–H groups in total. The van der Waals surface area contributed by atoms with E-state index in [-0.39, 0.29) is 24.0 Å². The minimum atomic E-state index is -0.580. The summed E-state index contributed by atoms with van der Waals surface area (Å²) in [4.78, 5) is 22.0. The molecule has 2 aromatic rings. The molecular weight excluding hydrogens is 250 g/mol. The molecule has 0 saturated heterocycles. The average Bonchev–Trinajstić information content (AvgIpc) is 2.72. The van der Waals surface area contributed by atoms with E-state index in [1.165, 1.54) is 6.33 Å². The summed E-state index contributed by atoms with van der Waals surface area (Å²) in [7, 11) is 0. The van der Waals surface area contributed by atoms with Gasteiger partial charge in [-0.05, 0) is 13.3 Å². The Labute approximate surface area is 108 Å². The molecule has 0 aliphatic carbocycles. The molecule has 2 heterocycles. The number of H-pyrrole nitrogens is 1. The molecule has 104 valence electrons. The Morgan fingerprint density at radius 2 is 2.32 bits per heavy atom. The van der Waals surface area contributed by atoms with Crippen molar-refractivity contribution < 1.29 is 10.2 Å². The van der Waals surface area contributed by atoms with Gasteiger partial charge < -0.3 is 20.5 Å². The second-order valence-corrected chi connectivity index (χ2v) is 4.53. The Morgan fingerprint density at radius 1 is 1.58 bits per heavy atom. The Hall–Kier alpha value is -1.93. The van der Waals surface area contributed by atoms with Gasteiger partial charge in [0.1, 0.15) is 0 Å². The van der Waals surface area contributed by atoms with Crippen molar-refractivity contribution >= 4 is 17.1 Å². The molecule has 0 radical (unpaired) electrons. The van der Waals surface area contributed by atoms with Crippen LogP contribution in [0.15, 0.2) is 11.1 Å². The summed E-state index contributed by atoms with van der Waals surface area (Å²) in [5.41, 5.74) is 5.70. The Bertz CT molecular complexity index is 618. The van der Waals surface area contributed by atoms with Crippen LogP contribution in [0.3, 0.4) is 0 Å². The van der Waals surface area contributed by atoms with Crippen LogP contribution >= 0.6 is 0 Å². The Kier molecular flexibility index (Phi) is 3.82. The fourth-order valence-electron chi connectivity index (χ4n) is 2.01. The molecule has 0 fully saturated rings. The summed E-state index contributed by atoms with van der Waals surface area (Å²) < 4.78 is 1.66. The molecule has 2 aromatic heterocycles. The lowest BCUT2D eigenvalue weighted by Gasteiger charge is -2.19. The number of aromatic amines is 1. The fourth-order valence-corrected chi connectivity index (χ4v) is 2.01. The molecule has 8 nitrogen and oxygen atoms in total. The van der Waals surface area contributed by atoms with Gasteiger partial charge in [-0.1, -0.05) is 0 Å². The van der Waals surface area contributed by atoms with Crippen LogP contribution in [0, 0.1) is 5.92 Å². The van der Waals surface area contributed by atoms with Crippen molar-refractivity contribution in [1.82, 2.24) is 19.5 Å². The van der Waals surface area contributed by atoms with Crippen LogP contribution in [0.5, 0.6) is 0 Å². The van der Waals surface area contributed by atoms with E-state index in [9.17, 15) is 9.90 Å². The first kappa shape index (κ1) is 13.5. The van der Waals surface area contributed by atoms with E-state index >= 15 is 0 Å². The SMILES string of the molecule is CC(O)C(CCO)Cn1cnc2c(=O)[nH]c(N)nc21. The van der Waals surface area contributed by atoms with Gasteiger partial charge in [0.25, 0.3) is 5.56 Å². The minimum Gasteiger partial charge on any atom is -0.396 e. The maximum absolute atomic E-state index is 11.6. The van der Waals surface area contributed by atoms with Crippen LogP contribution in [0.1, 0.15) is 13.3 Å². The molecule has 0 spiro atoms. The number of nitrogen functional groups attached to an aromatic ring is 1. The first-order valence-corrected chi connectivity index (χ1v) is 6.02. The van der Waals surface area contributed by atoms with Crippen molar-refractivity contribution in [3.63, 3.8) is 0 Å². The van der Waals surface area contributed by atoms with Crippen molar-refractivity contribution in [2.24, 2.45) is 5.92 Å². The van der Waals surface area contributed by atoms with Gasteiger partial charge in [-0.25, -0.2) is 4.98 Å². The molecule has 19 heavy (non-hydrogen) atoms. The van der Waals surface area contributed by atoms with Crippen molar-refractivity contribution in [2.45, 2.75) is 26.0 Å². The number of fused-ring (bicyclic) bond motifs is 1. The standard InChI is InChI=1S/C11H17N5O3/c1-6(18)7(2-3-17)4-16-5-13-8-9(16)14-11(12)15-10(8)19/h5-7,17-18H,2-4H2,1H3,(H3,12,14,15,19). The van der Waals surface area contributed by atoms with Crippen LogP contribution in [0.25, 0.3) is 11.2 Å². The Balaban J connectivity index is 2.37. The number of hydrogen-bond acceptors (Lipinski definition) is 6. The number of aliphatic hydroxyl groups excluding tert-OH is 2. The van der Waals surface area contributed by atoms with Gasteiger partial charge in [-0.3, -0.25) is 9.78 Å².